The Kier molecular flexibility index (Phi) is 6.26. The molecule has 4 rings (SSSR count). The summed E-state index contributed by atoms with van der Waals surface area (Å²) in [6.45, 7) is 8.50. The van der Waals surface area contributed by atoms with E-state index in [-0.39, 0.29) is 6.04 Å². The van der Waals surface area contributed by atoms with E-state index in [0.717, 1.165) is 40.8 Å². The lowest BCUT2D eigenvalue weighted by Gasteiger charge is -2.22. The van der Waals surface area contributed by atoms with Crippen LogP contribution in [0.4, 0.5) is 4.79 Å². The zero-order valence-corrected chi connectivity index (χ0v) is 19.1. The molecule has 1 amide bonds. The number of benzene rings is 1. The van der Waals surface area contributed by atoms with Gasteiger partial charge in [0.1, 0.15) is 23.7 Å². The van der Waals surface area contributed by atoms with E-state index in [1.807, 2.05) is 80.9 Å². The molecule has 0 saturated heterocycles. The summed E-state index contributed by atoms with van der Waals surface area (Å²) in [7, 11) is 0. The van der Waals surface area contributed by atoms with Gasteiger partial charge in [-0.25, -0.2) is 9.31 Å². The van der Waals surface area contributed by atoms with Gasteiger partial charge in [-0.1, -0.05) is 0 Å². The molecule has 1 atom stereocenters. The van der Waals surface area contributed by atoms with Gasteiger partial charge in [0.05, 0.1) is 30.1 Å². The molecular formula is C25H31N3O4. The molecule has 1 aliphatic rings. The fourth-order valence-electron chi connectivity index (χ4n) is 3.19. The standard InChI is InChI=1S/C25H31N3O4/c1-17(26-24(29)32-25(2,3)4)15-30-21-10-7-19(8-11-21)23-13-20-9-12-22(14-28(20)27-23)31-16-18-5-6-18/h7-14,17-18H,5-6,15-16H2,1-4H3,(H,26,29)/t17-/m0/s1. The quantitative estimate of drug-likeness (QED) is 0.532. The number of ether oxygens (including phenoxy) is 3. The first kappa shape index (κ1) is 22.0. The zero-order chi connectivity index (χ0) is 22.7. The van der Waals surface area contributed by atoms with Gasteiger partial charge in [-0.15, -0.1) is 0 Å². The van der Waals surface area contributed by atoms with Gasteiger partial charge in [0.25, 0.3) is 0 Å². The van der Waals surface area contributed by atoms with Crippen molar-refractivity contribution in [3.63, 3.8) is 0 Å². The predicted molar refractivity (Wildman–Crippen MR) is 123 cm³/mol. The van der Waals surface area contributed by atoms with Gasteiger partial charge < -0.3 is 19.5 Å². The van der Waals surface area contributed by atoms with E-state index >= 15 is 0 Å². The van der Waals surface area contributed by atoms with E-state index < -0.39 is 11.7 Å². The molecule has 0 aliphatic heterocycles. The van der Waals surface area contributed by atoms with Crippen molar-refractivity contribution >= 4 is 11.6 Å². The van der Waals surface area contributed by atoms with Crippen molar-refractivity contribution in [2.24, 2.45) is 5.92 Å². The van der Waals surface area contributed by atoms with Crippen molar-refractivity contribution in [3.8, 4) is 22.8 Å². The fourth-order valence-corrected chi connectivity index (χ4v) is 3.19. The summed E-state index contributed by atoms with van der Waals surface area (Å²) in [6.07, 6.45) is 4.02. The highest BCUT2D eigenvalue weighted by Crippen LogP contribution is 2.30. The molecule has 0 bridgehead atoms. The van der Waals surface area contributed by atoms with Crippen LogP contribution >= 0.6 is 0 Å². The molecule has 1 N–H and O–H groups in total. The number of amides is 1. The molecule has 0 spiro atoms. The van der Waals surface area contributed by atoms with Gasteiger partial charge in [-0.05, 0) is 88.9 Å². The molecular weight excluding hydrogens is 406 g/mol. The van der Waals surface area contributed by atoms with Crippen LogP contribution in [0.1, 0.15) is 40.5 Å². The van der Waals surface area contributed by atoms with Crippen LogP contribution in [0.2, 0.25) is 0 Å². The summed E-state index contributed by atoms with van der Waals surface area (Å²) in [5, 5.41) is 7.46. The average molecular weight is 438 g/mol. The predicted octanol–water partition coefficient (Wildman–Crippen LogP) is 5.08. The lowest BCUT2D eigenvalue weighted by molar-refractivity contribution is 0.0494. The number of hydrogen-bond donors (Lipinski definition) is 1. The van der Waals surface area contributed by atoms with Crippen LogP contribution in [0.15, 0.2) is 48.7 Å². The second kappa shape index (κ2) is 9.10. The number of aromatic nitrogens is 2. The van der Waals surface area contributed by atoms with Crippen LogP contribution in [0.5, 0.6) is 11.5 Å². The highest BCUT2D eigenvalue weighted by Gasteiger charge is 2.22. The number of nitrogens with zero attached hydrogens (tertiary/aromatic N) is 2. The molecule has 32 heavy (non-hydrogen) atoms. The first-order valence-electron chi connectivity index (χ1n) is 11.1. The van der Waals surface area contributed by atoms with Crippen LogP contribution in [-0.2, 0) is 4.74 Å². The highest BCUT2D eigenvalue weighted by molar-refractivity contribution is 5.68. The Bertz CT molecular complexity index is 1060. The minimum Gasteiger partial charge on any atom is -0.492 e. The van der Waals surface area contributed by atoms with E-state index in [1.54, 1.807) is 0 Å². The summed E-state index contributed by atoms with van der Waals surface area (Å²) in [4.78, 5) is 11.8. The Labute approximate surface area is 188 Å². The Morgan fingerprint density at radius 2 is 1.84 bits per heavy atom. The maximum atomic E-state index is 11.8. The van der Waals surface area contributed by atoms with Gasteiger partial charge >= 0.3 is 6.09 Å². The smallest absolute Gasteiger partial charge is 0.407 e. The number of carbonyl (C=O) groups excluding carboxylic acids is 1. The number of fused-ring (bicyclic) bond motifs is 1. The van der Waals surface area contributed by atoms with Gasteiger partial charge in [-0.3, -0.25) is 0 Å². The third kappa shape index (κ3) is 6.15. The SMILES string of the molecule is C[C@@H](COc1ccc(-c2cc3ccc(OCC4CC4)cn3n2)cc1)NC(=O)OC(C)(C)C. The molecule has 1 saturated carbocycles. The number of carbonyl (C=O) groups is 1. The average Bonchev–Trinajstić information content (AvgIpc) is 3.46. The van der Waals surface area contributed by atoms with E-state index in [2.05, 4.69) is 10.4 Å². The third-order valence-corrected chi connectivity index (χ3v) is 5.03. The number of alkyl carbamates (subject to hydrolysis) is 1. The second-order valence-electron chi connectivity index (χ2n) is 9.40. The lowest BCUT2D eigenvalue weighted by atomic mass is 10.1. The van der Waals surface area contributed by atoms with E-state index in [9.17, 15) is 4.79 Å². The van der Waals surface area contributed by atoms with E-state index in [0.29, 0.717) is 6.61 Å². The van der Waals surface area contributed by atoms with Gasteiger partial charge in [0.15, 0.2) is 0 Å². The van der Waals surface area contributed by atoms with Crippen molar-refractivity contribution in [1.82, 2.24) is 14.9 Å². The summed E-state index contributed by atoms with van der Waals surface area (Å²) in [5.74, 6) is 2.29. The molecule has 1 fully saturated rings. The first-order valence-corrected chi connectivity index (χ1v) is 11.1. The maximum absolute atomic E-state index is 11.8. The van der Waals surface area contributed by atoms with Crippen molar-refractivity contribution in [2.75, 3.05) is 13.2 Å². The molecule has 1 aliphatic carbocycles. The molecule has 1 aromatic carbocycles. The van der Waals surface area contributed by atoms with Crippen molar-refractivity contribution in [1.29, 1.82) is 0 Å². The van der Waals surface area contributed by atoms with Gasteiger partial charge in [0, 0.05) is 5.56 Å². The summed E-state index contributed by atoms with van der Waals surface area (Å²) >= 11 is 0. The summed E-state index contributed by atoms with van der Waals surface area (Å²) in [5.41, 5.74) is 2.38. The molecule has 2 aromatic heterocycles. The van der Waals surface area contributed by atoms with E-state index in [4.69, 9.17) is 14.2 Å². The number of rotatable bonds is 8. The monoisotopic (exact) mass is 437 g/mol. The Balaban J connectivity index is 1.32. The second-order valence-corrected chi connectivity index (χ2v) is 9.40. The van der Waals surface area contributed by atoms with Gasteiger partial charge in [-0.2, -0.15) is 5.10 Å². The Hall–Kier alpha value is -3.22. The minimum absolute atomic E-state index is 0.181. The minimum atomic E-state index is -0.524. The Morgan fingerprint density at radius 1 is 1.12 bits per heavy atom. The van der Waals surface area contributed by atoms with Crippen LogP contribution in [-0.4, -0.2) is 40.6 Å². The van der Waals surface area contributed by atoms with Crippen LogP contribution in [0, 0.1) is 5.92 Å². The van der Waals surface area contributed by atoms with E-state index in [1.165, 1.54) is 12.8 Å². The van der Waals surface area contributed by atoms with Crippen LogP contribution in [0.25, 0.3) is 16.8 Å². The maximum Gasteiger partial charge on any atom is 0.407 e. The normalized spacial score (nSPS) is 14.8. The first-order chi connectivity index (χ1) is 15.2. The van der Waals surface area contributed by atoms with Crippen LogP contribution < -0.4 is 14.8 Å². The molecule has 7 heteroatoms. The number of pyridine rings is 1. The van der Waals surface area contributed by atoms with Gasteiger partial charge in [0.2, 0.25) is 0 Å². The third-order valence-electron chi connectivity index (χ3n) is 5.03. The van der Waals surface area contributed by atoms with Crippen molar-refractivity contribution in [3.05, 3.63) is 48.7 Å². The molecule has 2 heterocycles. The van der Waals surface area contributed by atoms with Crippen molar-refractivity contribution < 1.29 is 19.0 Å². The molecule has 0 radical (unpaired) electrons. The molecule has 7 nitrogen and oxygen atoms in total. The zero-order valence-electron chi connectivity index (χ0n) is 19.1. The lowest BCUT2D eigenvalue weighted by Crippen LogP contribution is -2.40. The molecule has 3 aromatic rings. The van der Waals surface area contributed by atoms with Crippen molar-refractivity contribution in [2.45, 2.75) is 52.2 Å². The molecule has 170 valence electrons. The summed E-state index contributed by atoms with van der Waals surface area (Å²) in [6, 6.07) is 13.7. The number of nitrogens with one attached hydrogen (secondary N) is 1. The number of hydrogen-bond acceptors (Lipinski definition) is 5. The summed E-state index contributed by atoms with van der Waals surface area (Å²) < 4.78 is 18.8. The Morgan fingerprint density at radius 3 is 2.53 bits per heavy atom. The fraction of sp³-hybridized carbons (Fsp3) is 0.440. The largest absolute Gasteiger partial charge is 0.492 e. The topological polar surface area (TPSA) is 74.1 Å². The molecule has 0 unspecified atom stereocenters. The van der Waals surface area contributed by atoms with Crippen LogP contribution in [0.3, 0.4) is 0 Å². The highest BCUT2D eigenvalue weighted by atomic mass is 16.6.